The minimum absolute atomic E-state index is 0.132. The van der Waals surface area contributed by atoms with E-state index in [0.717, 1.165) is 37.9 Å². The predicted octanol–water partition coefficient (Wildman–Crippen LogP) is 2.34. The average Bonchev–Trinajstić information content (AvgIpc) is 2.60. The molecule has 1 aliphatic carbocycles. The van der Waals surface area contributed by atoms with Crippen LogP contribution in [0.3, 0.4) is 0 Å². The van der Waals surface area contributed by atoms with E-state index in [-0.39, 0.29) is 24.6 Å². The van der Waals surface area contributed by atoms with E-state index in [2.05, 4.69) is 20.6 Å². The number of aromatic nitrogens is 1. The van der Waals surface area contributed by atoms with Gasteiger partial charge in [-0.2, -0.15) is 13.2 Å². The molecule has 6 nitrogen and oxygen atoms in total. The van der Waals surface area contributed by atoms with Crippen molar-refractivity contribution in [1.82, 2.24) is 15.6 Å². The number of guanidine groups is 1. The van der Waals surface area contributed by atoms with Crippen LogP contribution in [0.2, 0.25) is 0 Å². The van der Waals surface area contributed by atoms with Gasteiger partial charge in [0.1, 0.15) is 6.61 Å². The molecule has 26 heavy (non-hydrogen) atoms. The SMILES string of the molecule is CCNC(=NCCOc1ccc(C(F)(F)F)cn1)NC1CCC(O)CC1. The molecule has 0 unspecified atom stereocenters. The van der Waals surface area contributed by atoms with E-state index >= 15 is 0 Å². The Hall–Kier alpha value is -2.03. The number of pyridine rings is 1. The molecule has 0 amide bonds. The standard InChI is InChI=1S/C17H25F3N4O2/c1-2-21-16(24-13-4-6-14(25)7-5-13)22-9-10-26-15-8-3-12(11-23-15)17(18,19)20/h3,8,11,13-14,25H,2,4-7,9-10H2,1H3,(H2,21,22,24). The summed E-state index contributed by atoms with van der Waals surface area (Å²) in [6, 6.07) is 2.41. The van der Waals surface area contributed by atoms with Gasteiger partial charge < -0.3 is 20.5 Å². The molecule has 9 heteroatoms. The van der Waals surface area contributed by atoms with Crippen molar-refractivity contribution in [1.29, 1.82) is 0 Å². The number of aliphatic hydroxyl groups excluding tert-OH is 1. The van der Waals surface area contributed by atoms with E-state index in [1.807, 2.05) is 6.92 Å². The second kappa shape index (κ2) is 9.61. The summed E-state index contributed by atoms with van der Waals surface area (Å²) in [6.07, 6.45) is -0.537. The number of hydrogen-bond donors (Lipinski definition) is 3. The molecule has 0 aliphatic heterocycles. The van der Waals surface area contributed by atoms with Gasteiger partial charge in [0.15, 0.2) is 5.96 Å². The number of halogens is 3. The van der Waals surface area contributed by atoms with Crippen LogP contribution in [0.25, 0.3) is 0 Å². The third-order valence-electron chi connectivity index (χ3n) is 4.06. The molecule has 0 aromatic carbocycles. The number of nitrogens with one attached hydrogen (secondary N) is 2. The summed E-state index contributed by atoms with van der Waals surface area (Å²) in [5.41, 5.74) is -0.806. The normalized spacial score (nSPS) is 21.3. The second-order valence-electron chi connectivity index (χ2n) is 6.14. The number of aliphatic hydroxyl groups is 1. The van der Waals surface area contributed by atoms with Gasteiger partial charge in [-0.3, -0.25) is 0 Å². The van der Waals surface area contributed by atoms with E-state index in [4.69, 9.17) is 4.74 Å². The molecule has 0 bridgehead atoms. The molecule has 0 spiro atoms. The maximum atomic E-state index is 12.5. The third-order valence-corrected chi connectivity index (χ3v) is 4.06. The largest absolute Gasteiger partial charge is 0.476 e. The highest BCUT2D eigenvalue weighted by atomic mass is 19.4. The summed E-state index contributed by atoms with van der Waals surface area (Å²) in [4.78, 5) is 8.05. The highest BCUT2D eigenvalue weighted by molar-refractivity contribution is 5.80. The van der Waals surface area contributed by atoms with Crippen molar-refractivity contribution in [2.24, 2.45) is 4.99 Å². The van der Waals surface area contributed by atoms with Gasteiger partial charge in [0.2, 0.25) is 5.88 Å². The van der Waals surface area contributed by atoms with E-state index in [1.54, 1.807) is 0 Å². The Morgan fingerprint density at radius 2 is 2.04 bits per heavy atom. The van der Waals surface area contributed by atoms with Crippen LogP contribution in [0.15, 0.2) is 23.3 Å². The van der Waals surface area contributed by atoms with Gasteiger partial charge in [-0.1, -0.05) is 0 Å². The fraction of sp³-hybridized carbons (Fsp3) is 0.647. The number of nitrogens with zero attached hydrogens (tertiary/aromatic N) is 2. The Morgan fingerprint density at radius 1 is 1.31 bits per heavy atom. The lowest BCUT2D eigenvalue weighted by atomic mass is 9.93. The highest BCUT2D eigenvalue weighted by Gasteiger charge is 2.30. The Labute approximate surface area is 150 Å². The summed E-state index contributed by atoms with van der Waals surface area (Å²) in [5.74, 6) is 0.797. The fourth-order valence-corrected chi connectivity index (χ4v) is 2.67. The molecule has 1 aromatic heterocycles. The minimum atomic E-state index is -4.41. The van der Waals surface area contributed by atoms with Crippen molar-refractivity contribution >= 4 is 5.96 Å². The Balaban J connectivity index is 1.78. The van der Waals surface area contributed by atoms with Gasteiger partial charge in [-0.15, -0.1) is 0 Å². The molecule has 1 fully saturated rings. The zero-order valence-corrected chi connectivity index (χ0v) is 14.7. The lowest BCUT2D eigenvalue weighted by Gasteiger charge is -2.27. The van der Waals surface area contributed by atoms with Gasteiger partial charge >= 0.3 is 6.18 Å². The average molecular weight is 374 g/mol. The Kier molecular flexibility index (Phi) is 7.50. The number of aliphatic imine (C=N–C) groups is 1. The van der Waals surface area contributed by atoms with Crippen molar-refractivity contribution in [2.45, 2.75) is 50.9 Å². The molecule has 0 saturated heterocycles. The lowest BCUT2D eigenvalue weighted by Crippen LogP contribution is -2.45. The van der Waals surface area contributed by atoms with Crippen molar-refractivity contribution in [3.63, 3.8) is 0 Å². The maximum Gasteiger partial charge on any atom is 0.417 e. The quantitative estimate of drug-likeness (QED) is 0.405. The number of rotatable bonds is 6. The second-order valence-corrected chi connectivity index (χ2v) is 6.14. The van der Waals surface area contributed by atoms with E-state index in [1.165, 1.54) is 6.07 Å². The van der Waals surface area contributed by atoms with Gasteiger partial charge in [-0.25, -0.2) is 9.98 Å². The first kappa shape index (κ1) is 20.3. The summed E-state index contributed by atoms with van der Waals surface area (Å²) in [6.45, 7) is 3.22. The molecule has 0 radical (unpaired) electrons. The summed E-state index contributed by atoms with van der Waals surface area (Å²) >= 11 is 0. The first-order valence-electron chi connectivity index (χ1n) is 8.77. The first-order valence-corrected chi connectivity index (χ1v) is 8.77. The summed E-state index contributed by atoms with van der Waals surface area (Å²) < 4.78 is 42.8. The van der Waals surface area contributed by atoms with Crippen LogP contribution in [0.4, 0.5) is 13.2 Å². The molecule has 0 atom stereocenters. The molecule has 1 heterocycles. The van der Waals surface area contributed by atoms with Crippen LogP contribution in [0.1, 0.15) is 38.2 Å². The lowest BCUT2D eigenvalue weighted by molar-refractivity contribution is -0.137. The topological polar surface area (TPSA) is 78.8 Å². The molecule has 2 rings (SSSR count). The van der Waals surface area contributed by atoms with Crippen LogP contribution < -0.4 is 15.4 Å². The first-order chi connectivity index (χ1) is 12.4. The van der Waals surface area contributed by atoms with Gasteiger partial charge in [0.25, 0.3) is 0 Å². The zero-order chi connectivity index (χ0) is 19.0. The molecule has 1 aromatic rings. The minimum Gasteiger partial charge on any atom is -0.476 e. The molecular weight excluding hydrogens is 349 g/mol. The summed E-state index contributed by atoms with van der Waals surface area (Å²) in [5, 5.41) is 16.0. The monoisotopic (exact) mass is 374 g/mol. The van der Waals surface area contributed by atoms with Crippen molar-refractivity contribution in [3.8, 4) is 5.88 Å². The van der Waals surface area contributed by atoms with E-state index in [9.17, 15) is 18.3 Å². The Bertz CT molecular complexity index is 570. The Morgan fingerprint density at radius 3 is 2.62 bits per heavy atom. The van der Waals surface area contributed by atoms with Crippen LogP contribution in [0.5, 0.6) is 5.88 Å². The number of alkyl halides is 3. The van der Waals surface area contributed by atoms with Crippen LogP contribution in [-0.4, -0.2) is 47.9 Å². The van der Waals surface area contributed by atoms with E-state index in [0.29, 0.717) is 19.0 Å². The summed E-state index contributed by atoms with van der Waals surface area (Å²) in [7, 11) is 0. The zero-order valence-electron chi connectivity index (χ0n) is 14.7. The highest BCUT2D eigenvalue weighted by Crippen LogP contribution is 2.29. The molecule has 146 valence electrons. The molecule has 1 aliphatic rings. The molecule has 3 N–H and O–H groups in total. The smallest absolute Gasteiger partial charge is 0.417 e. The van der Waals surface area contributed by atoms with Gasteiger partial charge in [0.05, 0.1) is 18.2 Å². The maximum absolute atomic E-state index is 12.5. The van der Waals surface area contributed by atoms with Crippen molar-refractivity contribution in [3.05, 3.63) is 23.9 Å². The van der Waals surface area contributed by atoms with Crippen molar-refractivity contribution < 1.29 is 23.0 Å². The fourth-order valence-electron chi connectivity index (χ4n) is 2.67. The van der Waals surface area contributed by atoms with Crippen LogP contribution in [-0.2, 0) is 6.18 Å². The van der Waals surface area contributed by atoms with Crippen molar-refractivity contribution in [2.75, 3.05) is 19.7 Å². The number of ether oxygens (including phenoxy) is 1. The van der Waals surface area contributed by atoms with Gasteiger partial charge in [-0.05, 0) is 38.7 Å². The van der Waals surface area contributed by atoms with Gasteiger partial charge in [0, 0.05) is 24.8 Å². The van der Waals surface area contributed by atoms with Crippen LogP contribution in [0, 0.1) is 0 Å². The number of hydrogen-bond acceptors (Lipinski definition) is 4. The van der Waals surface area contributed by atoms with Crippen LogP contribution >= 0.6 is 0 Å². The van der Waals surface area contributed by atoms with E-state index < -0.39 is 11.7 Å². The third kappa shape index (κ3) is 6.70. The molecular formula is C17H25F3N4O2. The molecule has 1 saturated carbocycles. The predicted molar refractivity (Wildman–Crippen MR) is 92.1 cm³/mol.